The lowest BCUT2D eigenvalue weighted by Gasteiger charge is -2.19. The summed E-state index contributed by atoms with van der Waals surface area (Å²) in [5, 5.41) is 1.28. The van der Waals surface area contributed by atoms with Gasteiger partial charge < -0.3 is 0 Å². The van der Waals surface area contributed by atoms with E-state index >= 15 is 0 Å². The van der Waals surface area contributed by atoms with Crippen molar-refractivity contribution in [1.29, 1.82) is 0 Å². The quantitative estimate of drug-likeness (QED) is 0.447. The first-order chi connectivity index (χ1) is 5.17. The summed E-state index contributed by atoms with van der Waals surface area (Å²) < 4.78 is 0. The van der Waals surface area contributed by atoms with Crippen LogP contribution in [0.15, 0.2) is 12.2 Å². The largest absolute Gasteiger partial charge is 0.278 e. The lowest BCUT2D eigenvalue weighted by Crippen LogP contribution is -2.48. The number of hydrogen-bond donors (Lipinski definition) is 2. The Labute approximate surface area is 67.2 Å². The second-order valence-electron chi connectivity index (χ2n) is 2.04. The van der Waals surface area contributed by atoms with Gasteiger partial charge in [-0.2, -0.15) is 0 Å². The van der Waals surface area contributed by atoms with E-state index < -0.39 is 0 Å². The molecule has 0 saturated carbocycles. The second-order valence-corrected chi connectivity index (χ2v) is 2.04. The lowest BCUT2D eigenvalue weighted by atomic mass is 10.2. The van der Waals surface area contributed by atoms with Crippen LogP contribution in [0, 0.1) is 0 Å². The SMILES string of the molecule is C=C(CC)C(=O)N(NC)NC. The van der Waals surface area contributed by atoms with Crippen LogP contribution in [0.25, 0.3) is 0 Å². The third kappa shape index (κ3) is 2.69. The van der Waals surface area contributed by atoms with Crippen LogP contribution in [0.2, 0.25) is 0 Å². The van der Waals surface area contributed by atoms with Crippen LogP contribution in [0.3, 0.4) is 0 Å². The van der Waals surface area contributed by atoms with Gasteiger partial charge in [-0.3, -0.25) is 4.79 Å². The fraction of sp³-hybridized carbons (Fsp3) is 0.571. The zero-order valence-corrected chi connectivity index (χ0v) is 7.27. The zero-order chi connectivity index (χ0) is 8.85. The van der Waals surface area contributed by atoms with Gasteiger partial charge in [-0.15, -0.1) is 0 Å². The molecule has 0 fully saturated rings. The molecule has 0 spiro atoms. The van der Waals surface area contributed by atoms with E-state index in [1.807, 2.05) is 6.92 Å². The summed E-state index contributed by atoms with van der Waals surface area (Å²) in [6.45, 7) is 5.51. The zero-order valence-electron chi connectivity index (χ0n) is 7.27. The average Bonchev–Trinajstić information content (AvgIpc) is 2.05. The van der Waals surface area contributed by atoms with Crippen LogP contribution < -0.4 is 10.9 Å². The highest BCUT2D eigenvalue weighted by atomic mass is 16.2. The molecule has 2 N–H and O–H groups in total. The summed E-state index contributed by atoms with van der Waals surface area (Å²) in [6, 6.07) is 0. The molecule has 1 amide bonds. The Hall–Kier alpha value is -0.870. The standard InChI is InChI=1S/C7H15N3O/c1-5-6(2)7(11)10(8-3)9-4/h8-9H,2,5H2,1,3-4H3. The Balaban J connectivity index is 4.09. The Morgan fingerprint density at radius 3 is 2.18 bits per heavy atom. The second kappa shape index (κ2) is 4.87. The topological polar surface area (TPSA) is 44.4 Å². The van der Waals surface area contributed by atoms with E-state index in [2.05, 4.69) is 17.4 Å². The molecule has 4 heteroatoms. The Bertz CT molecular complexity index is 152. The number of rotatable bonds is 4. The number of carbonyl (C=O) groups is 1. The molecule has 0 aliphatic heterocycles. The molecule has 0 saturated heterocycles. The van der Waals surface area contributed by atoms with Crippen molar-refractivity contribution in [3.63, 3.8) is 0 Å². The first-order valence-corrected chi connectivity index (χ1v) is 3.54. The average molecular weight is 157 g/mol. The molecule has 4 nitrogen and oxygen atoms in total. The number of hydrazine groups is 2. The third-order valence-corrected chi connectivity index (χ3v) is 1.38. The van der Waals surface area contributed by atoms with Crippen molar-refractivity contribution in [2.45, 2.75) is 13.3 Å². The number of carbonyl (C=O) groups excluding carboxylic acids is 1. The van der Waals surface area contributed by atoms with Crippen LogP contribution in [0.5, 0.6) is 0 Å². The molecule has 0 aromatic heterocycles. The van der Waals surface area contributed by atoms with Crippen molar-refractivity contribution in [3.8, 4) is 0 Å². The molecule has 0 heterocycles. The number of hydrogen-bond acceptors (Lipinski definition) is 3. The Kier molecular flexibility index (Phi) is 4.49. The number of nitrogens with zero attached hydrogens (tertiary/aromatic N) is 1. The molecular weight excluding hydrogens is 142 g/mol. The summed E-state index contributed by atoms with van der Waals surface area (Å²) in [5.41, 5.74) is 5.93. The molecule has 0 unspecified atom stereocenters. The van der Waals surface area contributed by atoms with Crippen molar-refractivity contribution >= 4 is 5.91 Å². The van der Waals surface area contributed by atoms with Crippen LogP contribution in [0.1, 0.15) is 13.3 Å². The van der Waals surface area contributed by atoms with Gasteiger partial charge >= 0.3 is 0 Å². The van der Waals surface area contributed by atoms with E-state index in [-0.39, 0.29) is 5.91 Å². The Morgan fingerprint density at radius 1 is 1.45 bits per heavy atom. The van der Waals surface area contributed by atoms with Gasteiger partial charge in [0.15, 0.2) is 0 Å². The molecule has 11 heavy (non-hydrogen) atoms. The minimum absolute atomic E-state index is 0.127. The molecule has 0 atom stereocenters. The predicted molar refractivity (Wildman–Crippen MR) is 44.4 cm³/mol. The molecule has 0 aromatic rings. The number of amides is 1. The van der Waals surface area contributed by atoms with Gasteiger partial charge in [0.1, 0.15) is 0 Å². The maximum absolute atomic E-state index is 11.2. The molecule has 0 aliphatic carbocycles. The highest BCUT2D eigenvalue weighted by Gasteiger charge is 2.11. The van der Waals surface area contributed by atoms with E-state index in [1.54, 1.807) is 14.1 Å². The fourth-order valence-corrected chi connectivity index (χ4v) is 0.624. The maximum atomic E-state index is 11.2. The molecule has 0 radical (unpaired) electrons. The summed E-state index contributed by atoms with van der Waals surface area (Å²) in [7, 11) is 3.33. The smallest absolute Gasteiger partial charge is 0.267 e. The molecule has 64 valence electrons. The Morgan fingerprint density at radius 2 is 1.91 bits per heavy atom. The lowest BCUT2D eigenvalue weighted by molar-refractivity contribution is -0.133. The fourth-order valence-electron chi connectivity index (χ4n) is 0.624. The van der Waals surface area contributed by atoms with E-state index in [1.165, 1.54) is 5.12 Å². The van der Waals surface area contributed by atoms with Crippen molar-refractivity contribution in [3.05, 3.63) is 12.2 Å². The van der Waals surface area contributed by atoms with Crippen molar-refractivity contribution in [2.75, 3.05) is 14.1 Å². The van der Waals surface area contributed by atoms with Crippen LogP contribution >= 0.6 is 0 Å². The molecule has 0 rings (SSSR count). The van der Waals surface area contributed by atoms with E-state index in [9.17, 15) is 4.79 Å². The van der Waals surface area contributed by atoms with E-state index in [4.69, 9.17) is 0 Å². The summed E-state index contributed by atoms with van der Waals surface area (Å²) in [4.78, 5) is 11.2. The van der Waals surface area contributed by atoms with Gasteiger partial charge in [0.25, 0.3) is 5.91 Å². The third-order valence-electron chi connectivity index (χ3n) is 1.38. The maximum Gasteiger partial charge on any atom is 0.278 e. The van der Waals surface area contributed by atoms with Crippen LogP contribution in [0.4, 0.5) is 0 Å². The summed E-state index contributed by atoms with van der Waals surface area (Å²) in [5.74, 6) is -0.127. The first-order valence-electron chi connectivity index (χ1n) is 3.54. The monoisotopic (exact) mass is 157 g/mol. The van der Waals surface area contributed by atoms with Gasteiger partial charge in [0, 0.05) is 19.7 Å². The molecule has 0 aliphatic rings. The molecular formula is C7H15N3O. The first kappa shape index (κ1) is 10.1. The minimum Gasteiger partial charge on any atom is -0.267 e. The van der Waals surface area contributed by atoms with Gasteiger partial charge in [-0.05, 0) is 6.42 Å². The van der Waals surface area contributed by atoms with Crippen LogP contribution in [-0.4, -0.2) is 25.1 Å². The highest BCUT2D eigenvalue weighted by molar-refractivity contribution is 5.91. The highest BCUT2D eigenvalue weighted by Crippen LogP contribution is 1.98. The van der Waals surface area contributed by atoms with Gasteiger partial charge in [-0.1, -0.05) is 13.5 Å². The van der Waals surface area contributed by atoms with Gasteiger partial charge in [-0.25, -0.2) is 16.0 Å². The predicted octanol–water partition coefficient (Wildman–Crippen LogP) is 0.0500. The van der Waals surface area contributed by atoms with Crippen LogP contribution in [-0.2, 0) is 4.79 Å². The van der Waals surface area contributed by atoms with Gasteiger partial charge in [0.05, 0.1) is 0 Å². The van der Waals surface area contributed by atoms with E-state index in [0.29, 0.717) is 12.0 Å². The van der Waals surface area contributed by atoms with Crippen molar-refractivity contribution < 1.29 is 4.79 Å². The molecule has 0 bridgehead atoms. The van der Waals surface area contributed by atoms with Crippen molar-refractivity contribution in [2.24, 2.45) is 0 Å². The summed E-state index contributed by atoms with van der Waals surface area (Å²) in [6.07, 6.45) is 0.665. The van der Waals surface area contributed by atoms with Crippen molar-refractivity contribution in [1.82, 2.24) is 16.0 Å². The minimum atomic E-state index is -0.127. The van der Waals surface area contributed by atoms with Gasteiger partial charge in [0.2, 0.25) is 0 Å². The normalized spacial score (nSPS) is 9.36. The number of nitrogens with one attached hydrogen (secondary N) is 2. The van der Waals surface area contributed by atoms with E-state index in [0.717, 1.165) is 0 Å². The molecule has 0 aromatic carbocycles. The summed E-state index contributed by atoms with van der Waals surface area (Å²) >= 11 is 0.